The maximum atomic E-state index is 13.2. The first-order valence-electron chi connectivity index (χ1n) is 17.0. The molecule has 2 aliphatic heterocycles. The fourth-order valence-electron chi connectivity index (χ4n) is 6.07. The number of benzene rings is 3. The molecule has 1 unspecified atom stereocenters. The molecule has 4 amide bonds. The number of para-hydroxylation sites is 1. The highest BCUT2D eigenvalue weighted by Gasteiger charge is 2.46. The van der Waals surface area contributed by atoms with Crippen molar-refractivity contribution >= 4 is 39.6 Å². The first-order chi connectivity index (χ1) is 25.9. The molecule has 13 nitrogen and oxygen atoms in total. The number of nitrogens with one attached hydrogen (secondary N) is 1. The minimum atomic E-state index is -1.04. The van der Waals surface area contributed by atoms with Gasteiger partial charge in [-0.3, -0.25) is 34.4 Å². The van der Waals surface area contributed by atoms with E-state index in [4.69, 9.17) is 24.0 Å². The summed E-state index contributed by atoms with van der Waals surface area (Å²) >= 11 is 3.60. The lowest BCUT2D eigenvalue weighted by atomic mass is 10.0. The molecule has 0 aliphatic carbocycles. The zero-order valence-corrected chi connectivity index (χ0v) is 30.0. The summed E-state index contributed by atoms with van der Waals surface area (Å²) in [5.41, 5.74) is 3.87. The van der Waals surface area contributed by atoms with Crippen LogP contribution in [0, 0.1) is 0 Å². The lowest BCUT2D eigenvalue weighted by Crippen LogP contribution is -2.54. The molecule has 1 atom stereocenters. The summed E-state index contributed by atoms with van der Waals surface area (Å²) in [6.07, 6.45) is 6.06. The molecule has 1 saturated heterocycles. The van der Waals surface area contributed by atoms with Crippen molar-refractivity contribution in [1.82, 2.24) is 25.0 Å². The maximum absolute atomic E-state index is 13.2. The van der Waals surface area contributed by atoms with Crippen LogP contribution in [-0.2, 0) is 20.9 Å². The Kier molecular flexibility index (Phi) is 10.9. The van der Waals surface area contributed by atoms with Crippen molar-refractivity contribution in [2.75, 3.05) is 26.4 Å². The highest BCUT2D eigenvalue weighted by molar-refractivity contribution is 9.10. The van der Waals surface area contributed by atoms with Gasteiger partial charge in [-0.1, -0.05) is 24.3 Å². The third kappa shape index (κ3) is 7.98. The molecule has 2 aromatic heterocycles. The topological polar surface area (TPSA) is 151 Å². The molecule has 0 radical (unpaired) electrons. The number of nitrogens with zero attached hydrogens (tertiary/aromatic N) is 4. The van der Waals surface area contributed by atoms with Gasteiger partial charge < -0.3 is 18.9 Å². The van der Waals surface area contributed by atoms with Gasteiger partial charge in [0.15, 0.2) is 0 Å². The quantitative estimate of drug-likeness (QED) is 0.106. The number of imide groups is 2. The second kappa shape index (κ2) is 16.2. The maximum Gasteiger partial charge on any atom is 0.266 e. The Morgan fingerprint density at radius 2 is 1.57 bits per heavy atom. The van der Waals surface area contributed by atoms with Crippen molar-refractivity contribution in [1.29, 1.82) is 0 Å². The number of ether oxygens (including phenoxy) is 4. The van der Waals surface area contributed by atoms with Crippen molar-refractivity contribution in [2.45, 2.75) is 31.9 Å². The zero-order chi connectivity index (χ0) is 36.7. The van der Waals surface area contributed by atoms with Crippen LogP contribution in [0.25, 0.3) is 16.9 Å². The molecule has 4 heterocycles. The van der Waals surface area contributed by atoms with Crippen molar-refractivity contribution in [3.05, 3.63) is 119 Å². The van der Waals surface area contributed by atoms with Crippen LogP contribution in [0.2, 0.25) is 0 Å². The van der Waals surface area contributed by atoms with Gasteiger partial charge in [0.05, 0.1) is 34.5 Å². The van der Waals surface area contributed by atoms with Gasteiger partial charge in [0.1, 0.15) is 42.2 Å². The highest BCUT2D eigenvalue weighted by atomic mass is 79.9. The average molecular weight is 781 g/mol. The number of amides is 4. The highest BCUT2D eigenvalue weighted by Crippen LogP contribution is 2.34. The molecule has 1 fully saturated rings. The van der Waals surface area contributed by atoms with Crippen LogP contribution in [0.3, 0.4) is 0 Å². The van der Waals surface area contributed by atoms with Crippen molar-refractivity contribution in [2.24, 2.45) is 0 Å². The van der Waals surface area contributed by atoms with Crippen LogP contribution in [0.15, 0.2) is 102 Å². The van der Waals surface area contributed by atoms with Gasteiger partial charge >= 0.3 is 0 Å². The fraction of sp³-hybridized carbons (Fsp3) is 0.231. The number of fused-ring (bicyclic) bond motifs is 1. The number of aromatic nitrogens is 3. The summed E-state index contributed by atoms with van der Waals surface area (Å²) in [6.45, 7) is 1.61. The first kappa shape index (κ1) is 35.5. The Bertz CT molecular complexity index is 2140. The fourth-order valence-corrected chi connectivity index (χ4v) is 6.57. The average Bonchev–Trinajstić information content (AvgIpc) is 3.69. The zero-order valence-electron chi connectivity index (χ0n) is 28.4. The van der Waals surface area contributed by atoms with Crippen LogP contribution >= 0.6 is 15.9 Å². The molecule has 1 N–H and O–H groups in total. The molecular weight excluding hydrogens is 746 g/mol. The predicted molar refractivity (Wildman–Crippen MR) is 195 cm³/mol. The summed E-state index contributed by atoms with van der Waals surface area (Å²) < 4.78 is 26.4. The summed E-state index contributed by atoms with van der Waals surface area (Å²) in [4.78, 5) is 55.2. The molecule has 7 rings (SSSR count). The van der Waals surface area contributed by atoms with E-state index in [1.807, 2.05) is 71.5 Å². The molecule has 53 heavy (non-hydrogen) atoms. The third-order valence-corrected chi connectivity index (χ3v) is 9.28. The van der Waals surface area contributed by atoms with E-state index in [2.05, 4.69) is 26.2 Å². The minimum absolute atomic E-state index is 0.0529. The van der Waals surface area contributed by atoms with Gasteiger partial charge in [-0.25, -0.2) is 4.68 Å². The van der Waals surface area contributed by atoms with Gasteiger partial charge in [0, 0.05) is 49.2 Å². The van der Waals surface area contributed by atoms with E-state index in [1.165, 1.54) is 6.07 Å². The Morgan fingerprint density at radius 1 is 0.792 bits per heavy atom. The van der Waals surface area contributed by atoms with Gasteiger partial charge in [0.2, 0.25) is 11.8 Å². The molecule has 5 aromatic rings. The van der Waals surface area contributed by atoms with E-state index in [0.717, 1.165) is 31.9 Å². The van der Waals surface area contributed by atoms with Gasteiger partial charge in [-0.2, -0.15) is 5.10 Å². The van der Waals surface area contributed by atoms with Gasteiger partial charge in [0.25, 0.3) is 11.8 Å². The van der Waals surface area contributed by atoms with Crippen LogP contribution in [0.1, 0.15) is 45.5 Å². The van der Waals surface area contributed by atoms with E-state index in [1.54, 1.807) is 24.5 Å². The Hall–Kier alpha value is -5.86. The van der Waals surface area contributed by atoms with Gasteiger partial charge in [-0.15, -0.1) is 0 Å². The summed E-state index contributed by atoms with van der Waals surface area (Å²) in [5.74, 6) is -0.603. The molecule has 270 valence electrons. The van der Waals surface area contributed by atoms with E-state index in [9.17, 15) is 19.2 Å². The van der Waals surface area contributed by atoms with E-state index in [0.29, 0.717) is 44.3 Å². The Labute approximate surface area is 312 Å². The smallest absolute Gasteiger partial charge is 0.266 e. The number of hydrogen-bond acceptors (Lipinski definition) is 10. The number of pyridine rings is 1. The standard InChI is InChI=1S/C39H34BrN5O8/c40-30-23-44(43-36(30)25-15-17-41-18-16-25)27-9-11-28(12-10-27)53-24-26-5-1-2-7-32(26)52-22-21-50-19-4-20-51-33-8-3-6-29-35(33)39(49)45(38(29)48)31-13-14-34(46)42-37(31)47/h1-3,5-12,15-18,23,31H,4,13-14,19-22,24H2,(H,42,46,47). The van der Waals surface area contributed by atoms with E-state index in [-0.39, 0.29) is 36.3 Å². The molecule has 14 heteroatoms. The van der Waals surface area contributed by atoms with Crippen molar-refractivity contribution in [3.8, 4) is 34.2 Å². The van der Waals surface area contributed by atoms with Crippen LogP contribution in [0.4, 0.5) is 0 Å². The molecule has 3 aromatic carbocycles. The number of halogens is 1. The lowest BCUT2D eigenvalue weighted by Gasteiger charge is -2.27. The number of carbonyl (C=O) groups is 4. The largest absolute Gasteiger partial charge is 0.493 e. The van der Waals surface area contributed by atoms with Crippen LogP contribution < -0.4 is 19.5 Å². The third-order valence-electron chi connectivity index (χ3n) is 8.70. The Balaban J connectivity index is 0.838. The number of hydrogen-bond donors (Lipinski definition) is 1. The van der Waals surface area contributed by atoms with Crippen LogP contribution in [0.5, 0.6) is 17.2 Å². The van der Waals surface area contributed by atoms with Crippen LogP contribution in [-0.4, -0.2) is 75.8 Å². The molecule has 0 spiro atoms. The summed E-state index contributed by atoms with van der Waals surface area (Å²) in [6, 6.07) is 22.9. The van der Waals surface area contributed by atoms with Crippen molar-refractivity contribution in [3.63, 3.8) is 0 Å². The second-order valence-electron chi connectivity index (χ2n) is 12.2. The van der Waals surface area contributed by atoms with Crippen molar-refractivity contribution < 1.29 is 38.1 Å². The second-order valence-corrected chi connectivity index (χ2v) is 13.0. The minimum Gasteiger partial charge on any atom is -0.493 e. The molecule has 0 bridgehead atoms. The monoisotopic (exact) mass is 779 g/mol. The van der Waals surface area contributed by atoms with Gasteiger partial charge in [-0.05, 0) is 76.9 Å². The lowest BCUT2D eigenvalue weighted by molar-refractivity contribution is -0.136. The molecular formula is C39H34BrN5O8. The normalized spacial score (nSPS) is 15.3. The predicted octanol–water partition coefficient (Wildman–Crippen LogP) is 5.54. The first-order valence-corrected chi connectivity index (χ1v) is 17.8. The number of rotatable bonds is 15. The number of carbonyl (C=O) groups excluding carboxylic acids is 4. The van der Waals surface area contributed by atoms with E-state index >= 15 is 0 Å². The Morgan fingerprint density at radius 3 is 2.38 bits per heavy atom. The summed E-state index contributed by atoms with van der Waals surface area (Å²) in [7, 11) is 0. The molecule has 0 saturated carbocycles. The SMILES string of the molecule is O=C1CCC(N2C(=O)c3cccc(OCCCOCCOc4ccccc4COc4ccc(-n5cc(Br)c(-c6ccncc6)n5)cc4)c3C2=O)C(=O)N1. The number of piperidine rings is 1. The molecule has 2 aliphatic rings. The summed E-state index contributed by atoms with van der Waals surface area (Å²) in [5, 5.41) is 6.92. The van der Waals surface area contributed by atoms with E-state index < -0.39 is 29.7 Å².